The number of allylic oxidation sites excluding steroid dienone is 3. The molecule has 1 heterocycles. The first-order valence-electron chi connectivity index (χ1n) is 4.85. The lowest BCUT2D eigenvalue weighted by Crippen LogP contribution is -2.06. The van der Waals surface area contributed by atoms with Gasteiger partial charge in [-0.15, -0.1) is 11.8 Å². The predicted octanol–water partition coefficient (Wildman–Crippen LogP) is 2.74. The summed E-state index contributed by atoms with van der Waals surface area (Å²) in [6.45, 7) is 0.389. The third kappa shape index (κ3) is 2.40. The van der Waals surface area contributed by atoms with Gasteiger partial charge in [-0.3, -0.25) is 0 Å². The summed E-state index contributed by atoms with van der Waals surface area (Å²) in [5.41, 5.74) is 1.09. The van der Waals surface area contributed by atoms with Crippen molar-refractivity contribution in [2.24, 2.45) is 0 Å². The first kappa shape index (κ1) is 8.90. The van der Waals surface area contributed by atoms with E-state index in [0.29, 0.717) is 6.71 Å². The van der Waals surface area contributed by atoms with Gasteiger partial charge in [-0.1, -0.05) is 42.3 Å². The molecule has 0 N–H and O–H groups in total. The van der Waals surface area contributed by atoms with Gasteiger partial charge in [0.15, 0.2) is 0 Å². The molecular formula is C13H11B. The molecule has 66 valence electrons. The van der Waals surface area contributed by atoms with Gasteiger partial charge in [0.25, 0.3) is 6.71 Å². The molecule has 0 nitrogen and oxygen atoms in total. The van der Waals surface area contributed by atoms with E-state index in [-0.39, 0.29) is 0 Å². The molecule has 2 rings (SSSR count). The Kier molecular flexibility index (Phi) is 2.88. The van der Waals surface area contributed by atoms with Crippen LogP contribution in [-0.2, 0) is 0 Å². The number of hydrogen-bond donors (Lipinski definition) is 0. The zero-order valence-electron chi connectivity index (χ0n) is 7.98. The van der Waals surface area contributed by atoms with Crippen LogP contribution in [0.2, 0.25) is 6.32 Å². The molecule has 0 atom stereocenters. The van der Waals surface area contributed by atoms with Crippen LogP contribution in [0.4, 0.5) is 0 Å². The van der Waals surface area contributed by atoms with Crippen LogP contribution in [0.25, 0.3) is 0 Å². The molecule has 1 aromatic carbocycles. The van der Waals surface area contributed by atoms with E-state index in [9.17, 15) is 0 Å². The lowest BCUT2D eigenvalue weighted by Gasteiger charge is -1.98. The fourth-order valence-corrected chi connectivity index (χ4v) is 1.39. The molecule has 0 aliphatic carbocycles. The lowest BCUT2D eigenvalue weighted by atomic mass is 9.47. The maximum absolute atomic E-state index is 3.25. The molecule has 1 aliphatic heterocycles. The maximum atomic E-state index is 3.25. The minimum Gasteiger partial charge on any atom is -0.144 e. The summed E-state index contributed by atoms with van der Waals surface area (Å²) in [5.74, 6) is 8.58. The standard InChI is InChI=1S/C13H11B/c1-3-7-13(8-4-1)9-12-14-10-5-2-6-11-14/h1-8,10H,11H2. The molecule has 0 saturated heterocycles. The smallest absolute Gasteiger partial charge is 0.144 e. The normalized spacial score (nSPS) is 13.6. The van der Waals surface area contributed by atoms with Crippen LogP contribution in [0.1, 0.15) is 5.56 Å². The van der Waals surface area contributed by atoms with Gasteiger partial charge in [0.05, 0.1) is 0 Å². The van der Waals surface area contributed by atoms with Crippen molar-refractivity contribution < 1.29 is 0 Å². The van der Waals surface area contributed by atoms with Crippen molar-refractivity contribution in [1.82, 2.24) is 0 Å². The largest absolute Gasteiger partial charge is 0.260 e. The average molecular weight is 178 g/mol. The van der Waals surface area contributed by atoms with Gasteiger partial charge >= 0.3 is 0 Å². The summed E-state index contributed by atoms with van der Waals surface area (Å²) >= 11 is 0. The zero-order chi connectivity index (χ0) is 9.64. The minimum absolute atomic E-state index is 0.389. The Morgan fingerprint density at radius 2 is 1.93 bits per heavy atom. The highest BCUT2D eigenvalue weighted by atomic mass is 13.8. The van der Waals surface area contributed by atoms with Crippen molar-refractivity contribution in [3.8, 4) is 11.7 Å². The Bertz CT molecular complexity index is 404. The van der Waals surface area contributed by atoms with E-state index in [0.717, 1.165) is 11.9 Å². The number of rotatable bonds is 0. The van der Waals surface area contributed by atoms with Crippen LogP contribution in [0, 0.1) is 11.7 Å². The topological polar surface area (TPSA) is 0 Å². The fourth-order valence-electron chi connectivity index (χ4n) is 1.39. The number of hydrogen-bond acceptors (Lipinski definition) is 0. The molecule has 0 fully saturated rings. The number of benzene rings is 1. The molecule has 0 spiro atoms. The van der Waals surface area contributed by atoms with Crippen LogP contribution in [-0.4, -0.2) is 6.71 Å². The second-order valence-corrected chi connectivity index (χ2v) is 3.29. The molecule has 0 unspecified atom stereocenters. The van der Waals surface area contributed by atoms with Crippen molar-refractivity contribution >= 4 is 6.71 Å². The first-order chi connectivity index (χ1) is 6.95. The van der Waals surface area contributed by atoms with Crippen LogP contribution >= 0.6 is 0 Å². The quantitative estimate of drug-likeness (QED) is 0.423. The van der Waals surface area contributed by atoms with Gasteiger partial charge in [0, 0.05) is 5.56 Å². The molecule has 0 bridgehead atoms. The average Bonchev–Trinajstić information content (AvgIpc) is 2.29. The minimum atomic E-state index is 0.389. The van der Waals surface area contributed by atoms with Gasteiger partial charge in [-0.05, 0) is 18.5 Å². The van der Waals surface area contributed by atoms with Crippen molar-refractivity contribution in [1.29, 1.82) is 0 Å². The van der Waals surface area contributed by atoms with E-state index in [1.807, 2.05) is 30.3 Å². The summed E-state index contributed by atoms with van der Waals surface area (Å²) in [6, 6.07) is 10.1. The fraction of sp³-hybridized carbons (Fsp3) is 0.0769. The Morgan fingerprint density at radius 3 is 2.64 bits per heavy atom. The van der Waals surface area contributed by atoms with E-state index >= 15 is 0 Å². The zero-order valence-corrected chi connectivity index (χ0v) is 7.98. The van der Waals surface area contributed by atoms with E-state index in [4.69, 9.17) is 0 Å². The van der Waals surface area contributed by atoms with E-state index < -0.39 is 0 Å². The van der Waals surface area contributed by atoms with Gasteiger partial charge < -0.3 is 0 Å². The van der Waals surface area contributed by atoms with Crippen molar-refractivity contribution in [2.75, 3.05) is 0 Å². The lowest BCUT2D eigenvalue weighted by molar-refractivity contribution is 1.62. The van der Waals surface area contributed by atoms with E-state index in [2.05, 4.69) is 35.9 Å². The summed E-state index contributed by atoms with van der Waals surface area (Å²) in [4.78, 5) is 0. The second-order valence-electron chi connectivity index (χ2n) is 3.29. The third-order valence-corrected chi connectivity index (χ3v) is 2.16. The molecule has 0 radical (unpaired) electrons. The van der Waals surface area contributed by atoms with Crippen LogP contribution < -0.4 is 0 Å². The van der Waals surface area contributed by atoms with E-state index in [1.54, 1.807) is 0 Å². The van der Waals surface area contributed by atoms with Crippen molar-refractivity contribution in [3.05, 3.63) is 60.1 Å². The predicted molar refractivity (Wildman–Crippen MR) is 62.2 cm³/mol. The van der Waals surface area contributed by atoms with Crippen molar-refractivity contribution in [3.63, 3.8) is 0 Å². The molecule has 0 amide bonds. The molecule has 1 heteroatoms. The van der Waals surface area contributed by atoms with Crippen LogP contribution in [0.3, 0.4) is 0 Å². The Hall–Kier alpha value is -1.68. The first-order valence-corrected chi connectivity index (χ1v) is 4.85. The molecule has 0 aromatic heterocycles. The van der Waals surface area contributed by atoms with Gasteiger partial charge in [-0.2, -0.15) is 0 Å². The van der Waals surface area contributed by atoms with Crippen LogP contribution in [0.15, 0.2) is 54.5 Å². The summed E-state index contributed by atoms with van der Waals surface area (Å²) in [6.07, 6.45) is 7.33. The summed E-state index contributed by atoms with van der Waals surface area (Å²) < 4.78 is 0. The van der Waals surface area contributed by atoms with Gasteiger partial charge in [0.1, 0.15) is 0 Å². The Balaban J connectivity index is 2.07. The Labute approximate surface area is 85.4 Å². The molecular weight excluding hydrogens is 167 g/mol. The summed E-state index contributed by atoms with van der Waals surface area (Å²) in [7, 11) is 0. The monoisotopic (exact) mass is 178 g/mol. The summed E-state index contributed by atoms with van der Waals surface area (Å²) in [5, 5.41) is 0. The van der Waals surface area contributed by atoms with Gasteiger partial charge in [-0.25, -0.2) is 0 Å². The second kappa shape index (κ2) is 4.53. The Morgan fingerprint density at radius 1 is 1.07 bits per heavy atom. The molecule has 1 aliphatic rings. The molecule has 14 heavy (non-hydrogen) atoms. The molecule has 1 aromatic rings. The van der Waals surface area contributed by atoms with Crippen LogP contribution in [0.5, 0.6) is 0 Å². The SMILES string of the molecule is C(#Cc1ccccc1)B1C=CC=CC1. The maximum Gasteiger partial charge on any atom is 0.260 e. The highest BCUT2D eigenvalue weighted by Gasteiger charge is 2.05. The highest BCUT2D eigenvalue weighted by molar-refractivity contribution is 6.73. The van der Waals surface area contributed by atoms with Crippen molar-refractivity contribution in [2.45, 2.75) is 6.32 Å². The van der Waals surface area contributed by atoms with E-state index in [1.165, 1.54) is 0 Å². The highest BCUT2D eigenvalue weighted by Crippen LogP contribution is 2.02. The third-order valence-electron chi connectivity index (χ3n) is 2.16. The van der Waals surface area contributed by atoms with Gasteiger partial charge in [0.2, 0.25) is 0 Å². The molecule has 0 saturated carbocycles.